The van der Waals surface area contributed by atoms with Gasteiger partial charge in [0, 0.05) is 29.4 Å². The average Bonchev–Trinajstić information content (AvgIpc) is 2.94. The third-order valence-electron chi connectivity index (χ3n) is 5.45. The molecule has 0 saturated carbocycles. The fourth-order valence-corrected chi connectivity index (χ4v) is 4.90. The van der Waals surface area contributed by atoms with E-state index in [1.54, 1.807) is 0 Å². The third kappa shape index (κ3) is 7.29. The molecule has 2 aliphatic rings. The molecule has 2 N–H and O–H groups in total. The van der Waals surface area contributed by atoms with E-state index in [0.29, 0.717) is 0 Å². The topological polar surface area (TPSA) is 81.1 Å². The summed E-state index contributed by atoms with van der Waals surface area (Å²) in [6, 6.07) is 17.7. The van der Waals surface area contributed by atoms with Crippen molar-refractivity contribution >= 4 is 29.4 Å². The number of carboxylic acids is 2. The molecule has 31 heavy (non-hydrogen) atoms. The van der Waals surface area contributed by atoms with E-state index < -0.39 is 11.9 Å². The molecule has 6 nitrogen and oxygen atoms in total. The van der Waals surface area contributed by atoms with Gasteiger partial charge in [-0.3, -0.25) is 9.59 Å². The van der Waals surface area contributed by atoms with E-state index in [1.807, 2.05) is 11.8 Å². The zero-order valence-corrected chi connectivity index (χ0v) is 18.5. The minimum Gasteiger partial charge on any atom is -0.481 e. The van der Waals surface area contributed by atoms with Gasteiger partial charge in [0.05, 0.1) is 18.5 Å². The van der Waals surface area contributed by atoms with E-state index in [1.165, 1.54) is 59.9 Å². The maximum absolute atomic E-state index is 9.64. The molecule has 2 aliphatic heterocycles. The van der Waals surface area contributed by atoms with Gasteiger partial charge in [-0.1, -0.05) is 48.5 Å². The van der Waals surface area contributed by atoms with E-state index in [-0.39, 0.29) is 12.8 Å². The minimum absolute atomic E-state index is 0.296. The molecule has 0 aromatic heterocycles. The molecule has 0 unspecified atom stereocenters. The van der Waals surface area contributed by atoms with Gasteiger partial charge in [-0.25, -0.2) is 0 Å². The average molecular weight is 443 g/mol. The van der Waals surface area contributed by atoms with Crippen LogP contribution >= 0.6 is 11.8 Å². The van der Waals surface area contributed by atoms with Gasteiger partial charge >= 0.3 is 11.9 Å². The molecule has 166 valence electrons. The van der Waals surface area contributed by atoms with Crippen molar-refractivity contribution < 1.29 is 19.8 Å². The van der Waals surface area contributed by atoms with Crippen LogP contribution in [0.15, 0.2) is 58.3 Å². The largest absolute Gasteiger partial charge is 0.481 e. The highest BCUT2D eigenvalue weighted by Gasteiger charge is 2.20. The van der Waals surface area contributed by atoms with Crippen LogP contribution in [0.2, 0.25) is 0 Å². The quantitative estimate of drug-likeness (QED) is 0.678. The number of piperidine rings is 1. The number of fused-ring (bicyclic) bond motifs is 2. The van der Waals surface area contributed by atoms with Crippen molar-refractivity contribution in [3.63, 3.8) is 0 Å². The van der Waals surface area contributed by atoms with Gasteiger partial charge in [0.15, 0.2) is 0 Å². The molecule has 0 bridgehead atoms. The Hall–Kier alpha value is -2.51. The summed E-state index contributed by atoms with van der Waals surface area (Å²) in [5.74, 6) is -2.15. The molecule has 2 aromatic carbocycles. The second-order valence-corrected chi connectivity index (χ2v) is 8.87. The second-order valence-electron chi connectivity index (χ2n) is 7.79. The SMILES string of the molecule is O=C(O)CCC(=O)O.c1ccc2c(c1)CN(CCN1CCCCC1)c1ccccc1S2. The first-order valence-corrected chi connectivity index (χ1v) is 11.6. The third-order valence-corrected chi connectivity index (χ3v) is 6.63. The maximum Gasteiger partial charge on any atom is 0.303 e. The van der Waals surface area contributed by atoms with Crippen molar-refractivity contribution in [3.05, 3.63) is 54.1 Å². The van der Waals surface area contributed by atoms with Crippen LogP contribution in [0.25, 0.3) is 0 Å². The van der Waals surface area contributed by atoms with E-state index >= 15 is 0 Å². The summed E-state index contributed by atoms with van der Waals surface area (Å²) in [5, 5.41) is 15.8. The van der Waals surface area contributed by atoms with Gasteiger partial charge < -0.3 is 20.0 Å². The highest BCUT2D eigenvalue weighted by Crippen LogP contribution is 2.40. The fraction of sp³-hybridized carbons (Fsp3) is 0.417. The summed E-state index contributed by atoms with van der Waals surface area (Å²) >= 11 is 1.91. The monoisotopic (exact) mass is 442 g/mol. The molecule has 2 heterocycles. The van der Waals surface area contributed by atoms with Crippen molar-refractivity contribution in [2.45, 2.75) is 48.4 Å². The lowest BCUT2D eigenvalue weighted by Crippen LogP contribution is -2.37. The highest BCUT2D eigenvalue weighted by molar-refractivity contribution is 7.99. The van der Waals surface area contributed by atoms with Crippen LogP contribution in [0.5, 0.6) is 0 Å². The number of benzene rings is 2. The Balaban J connectivity index is 0.000000293. The number of likely N-dealkylation sites (tertiary alicyclic amines) is 1. The van der Waals surface area contributed by atoms with Gasteiger partial charge in [-0.2, -0.15) is 0 Å². The molecule has 7 heteroatoms. The molecule has 1 saturated heterocycles. The van der Waals surface area contributed by atoms with Gasteiger partial charge in [-0.15, -0.1) is 0 Å². The van der Waals surface area contributed by atoms with Gasteiger partial charge in [-0.05, 0) is 49.7 Å². The predicted molar refractivity (Wildman–Crippen MR) is 123 cm³/mol. The predicted octanol–water partition coefficient (Wildman–Crippen LogP) is 4.58. The van der Waals surface area contributed by atoms with Crippen LogP contribution in [0.3, 0.4) is 0 Å². The van der Waals surface area contributed by atoms with Gasteiger partial charge in [0.25, 0.3) is 0 Å². The number of hydrogen-bond donors (Lipinski definition) is 2. The van der Waals surface area contributed by atoms with Crippen LogP contribution in [0, 0.1) is 0 Å². The fourth-order valence-electron chi connectivity index (χ4n) is 3.81. The normalized spacial score (nSPS) is 15.7. The number of hydrogen-bond acceptors (Lipinski definition) is 5. The number of nitrogens with zero attached hydrogens (tertiary/aromatic N) is 2. The molecule has 0 aliphatic carbocycles. The smallest absolute Gasteiger partial charge is 0.303 e. The minimum atomic E-state index is -1.08. The standard InChI is InChI=1S/C20H24N2S.C4H6O4/c1-6-12-21(13-7-1)14-15-22-16-17-8-2-4-10-19(17)23-20-11-5-3-9-18(20)22;5-3(6)1-2-4(7)8/h2-5,8-11H,1,6-7,12-16H2;1-2H2,(H,5,6)(H,7,8). The van der Waals surface area contributed by atoms with E-state index in [4.69, 9.17) is 10.2 Å². The number of anilines is 1. The molecule has 2 aromatic rings. The molecule has 4 rings (SSSR count). The number of para-hydroxylation sites is 1. The van der Waals surface area contributed by atoms with Crippen LogP contribution < -0.4 is 4.90 Å². The summed E-state index contributed by atoms with van der Waals surface area (Å²) in [4.78, 5) is 27.3. The number of carbonyl (C=O) groups is 2. The lowest BCUT2D eigenvalue weighted by atomic mass is 10.1. The van der Waals surface area contributed by atoms with Crippen LogP contribution in [-0.2, 0) is 16.1 Å². The van der Waals surface area contributed by atoms with Gasteiger partial charge in [0.2, 0.25) is 0 Å². The Bertz CT molecular complexity index is 869. The number of carboxylic acid groups (broad SMARTS) is 2. The first-order valence-electron chi connectivity index (χ1n) is 10.8. The zero-order chi connectivity index (χ0) is 22.1. The first-order chi connectivity index (χ1) is 15.0. The molecule has 0 spiro atoms. The van der Waals surface area contributed by atoms with Crippen molar-refractivity contribution in [2.75, 3.05) is 31.1 Å². The Morgan fingerprint density at radius 2 is 1.42 bits per heavy atom. The summed E-state index contributed by atoms with van der Waals surface area (Å²) in [5.41, 5.74) is 2.85. The van der Waals surface area contributed by atoms with E-state index in [9.17, 15) is 9.59 Å². The molecule has 0 amide bonds. The van der Waals surface area contributed by atoms with Crippen molar-refractivity contribution in [3.8, 4) is 0 Å². The number of rotatable bonds is 6. The van der Waals surface area contributed by atoms with Crippen molar-refractivity contribution in [1.29, 1.82) is 0 Å². The Labute approximate surface area is 187 Å². The molecule has 1 fully saturated rings. The zero-order valence-electron chi connectivity index (χ0n) is 17.7. The molecular weight excluding hydrogens is 412 g/mol. The van der Waals surface area contributed by atoms with Gasteiger partial charge in [0.1, 0.15) is 0 Å². The Morgan fingerprint density at radius 1 is 0.806 bits per heavy atom. The highest BCUT2D eigenvalue weighted by atomic mass is 32.2. The summed E-state index contributed by atoms with van der Waals surface area (Å²) in [6.07, 6.45) is 3.56. The van der Waals surface area contributed by atoms with E-state index in [2.05, 4.69) is 58.3 Å². The molecular formula is C24H30N2O4S. The maximum atomic E-state index is 9.64. The molecule has 0 atom stereocenters. The molecule has 0 radical (unpaired) electrons. The van der Waals surface area contributed by atoms with Crippen LogP contribution in [0.4, 0.5) is 5.69 Å². The van der Waals surface area contributed by atoms with E-state index in [0.717, 1.165) is 13.1 Å². The number of aliphatic carboxylic acids is 2. The van der Waals surface area contributed by atoms with Crippen LogP contribution in [-0.4, -0.2) is 53.2 Å². The van der Waals surface area contributed by atoms with Crippen LogP contribution in [0.1, 0.15) is 37.7 Å². The lowest BCUT2D eigenvalue weighted by Gasteiger charge is -2.31. The summed E-state index contributed by atoms with van der Waals surface area (Å²) < 4.78 is 0. The van der Waals surface area contributed by atoms with Crippen molar-refractivity contribution in [2.24, 2.45) is 0 Å². The summed E-state index contributed by atoms with van der Waals surface area (Å²) in [7, 11) is 0. The Morgan fingerprint density at radius 3 is 2.10 bits per heavy atom. The Kier molecular flexibility index (Phi) is 8.79. The second kappa shape index (κ2) is 11.8. The van der Waals surface area contributed by atoms with Crippen molar-refractivity contribution in [1.82, 2.24) is 4.90 Å². The lowest BCUT2D eigenvalue weighted by molar-refractivity contribution is -0.143. The summed E-state index contributed by atoms with van der Waals surface area (Å²) in [6.45, 7) is 5.88. The first kappa shape index (κ1) is 23.2.